The molecule has 0 radical (unpaired) electrons. The Bertz CT molecular complexity index is 1340. The van der Waals surface area contributed by atoms with E-state index >= 15 is 0 Å². The molecule has 0 aliphatic carbocycles. The number of aliphatic hydroxyl groups excluding tert-OH is 3. The van der Waals surface area contributed by atoms with Crippen molar-refractivity contribution < 1.29 is 56.2 Å². The minimum absolute atomic E-state index is 0.0231. The molecule has 1 aliphatic rings. The molecule has 0 bridgehead atoms. The molecule has 1 rings (SSSR count). The highest BCUT2D eigenvalue weighted by molar-refractivity contribution is 7.80. The third-order valence-corrected chi connectivity index (χ3v) is 10.5. The highest BCUT2D eigenvalue weighted by Crippen LogP contribution is 2.26. The number of hydrogen-bond acceptors (Lipinski definition) is 11. The Balaban J connectivity index is 2.38. The molecular formula is C48H82O12S. The lowest BCUT2D eigenvalue weighted by molar-refractivity contribution is -0.301. The van der Waals surface area contributed by atoms with Crippen molar-refractivity contribution in [2.75, 3.05) is 26.4 Å². The Morgan fingerprint density at radius 3 is 1.67 bits per heavy atom. The fourth-order valence-corrected chi connectivity index (χ4v) is 7.09. The van der Waals surface area contributed by atoms with E-state index in [2.05, 4.69) is 90.9 Å². The first kappa shape index (κ1) is 56.6. The van der Waals surface area contributed by atoms with Crippen LogP contribution < -0.4 is 0 Å². The largest absolute Gasteiger partial charge is 0.457 e. The van der Waals surface area contributed by atoms with E-state index < -0.39 is 59.8 Å². The van der Waals surface area contributed by atoms with Gasteiger partial charge in [-0.2, -0.15) is 8.42 Å². The van der Waals surface area contributed by atoms with E-state index in [1.54, 1.807) is 0 Å². The number of unbranched alkanes of at least 4 members (excludes halogenated alkanes) is 14. The van der Waals surface area contributed by atoms with Gasteiger partial charge in [-0.3, -0.25) is 9.35 Å². The van der Waals surface area contributed by atoms with Gasteiger partial charge in [0.25, 0.3) is 0 Å². The minimum Gasteiger partial charge on any atom is -0.457 e. The molecule has 6 unspecified atom stereocenters. The summed E-state index contributed by atoms with van der Waals surface area (Å²) < 4.78 is 59.0. The molecule has 4 N–H and O–H groups in total. The topological polar surface area (TPSA) is 178 Å². The van der Waals surface area contributed by atoms with Gasteiger partial charge in [0.1, 0.15) is 30.5 Å². The standard InChI is InChI=1S/C48H82O12S/c1-3-5-7-9-11-13-15-16-17-18-19-20-21-22-23-24-25-26-27-29-31-33-35-37-44(50)58-42(40-56-38-36-34-32-30-28-14-12-10-8-6-4-2)41-57-48-46(52)47(60-61(53,54)55)45(51)43(39-49)59-48/h5,7-8,10-11,13,16-17,19-20,22-23,42-43,45-49,51-52H,3-4,6,9,12,14-15,18,21,24-41H2,1-2H3,(H,53,54,55)/b7-5-,10-8-,13-11-,17-16-,20-19-,23-22-. The third kappa shape index (κ3) is 32.8. The number of hydrogen-bond donors (Lipinski definition) is 4. The van der Waals surface area contributed by atoms with Crippen LogP contribution in [0.15, 0.2) is 72.9 Å². The van der Waals surface area contributed by atoms with Gasteiger partial charge in [-0.05, 0) is 77.0 Å². The molecule has 1 aliphatic heterocycles. The van der Waals surface area contributed by atoms with Crippen LogP contribution in [-0.4, -0.2) is 97.5 Å². The lowest BCUT2D eigenvalue weighted by atomic mass is 9.99. The molecule has 0 saturated carbocycles. The van der Waals surface area contributed by atoms with Crippen molar-refractivity contribution in [3.05, 3.63) is 72.9 Å². The molecule has 0 amide bonds. The number of rotatable bonds is 39. The fraction of sp³-hybridized carbons (Fsp3) is 0.729. The van der Waals surface area contributed by atoms with Crippen molar-refractivity contribution in [2.24, 2.45) is 0 Å². The minimum atomic E-state index is -5.07. The van der Waals surface area contributed by atoms with Crippen LogP contribution in [0, 0.1) is 0 Å². The van der Waals surface area contributed by atoms with E-state index in [1.807, 2.05) is 0 Å². The molecule has 0 spiro atoms. The predicted octanol–water partition coefficient (Wildman–Crippen LogP) is 9.91. The average Bonchev–Trinajstić information content (AvgIpc) is 3.23. The van der Waals surface area contributed by atoms with Crippen LogP contribution in [-0.2, 0) is 38.3 Å². The van der Waals surface area contributed by atoms with Gasteiger partial charge in [-0.25, -0.2) is 4.18 Å². The summed E-state index contributed by atoms with van der Waals surface area (Å²) in [6, 6.07) is 0. The van der Waals surface area contributed by atoms with Gasteiger partial charge in [-0.15, -0.1) is 0 Å². The number of carbonyl (C=O) groups excluding carboxylic acids is 1. The molecule has 12 nitrogen and oxygen atoms in total. The van der Waals surface area contributed by atoms with E-state index in [1.165, 1.54) is 25.7 Å². The van der Waals surface area contributed by atoms with Crippen LogP contribution in [0.25, 0.3) is 0 Å². The summed E-state index contributed by atoms with van der Waals surface area (Å²) in [7, 11) is -5.07. The maximum atomic E-state index is 12.9. The van der Waals surface area contributed by atoms with Gasteiger partial charge in [0, 0.05) is 13.0 Å². The van der Waals surface area contributed by atoms with Crippen LogP contribution in [0.2, 0.25) is 0 Å². The first-order valence-corrected chi connectivity index (χ1v) is 24.6. The maximum Gasteiger partial charge on any atom is 0.397 e. The lowest BCUT2D eigenvalue weighted by Gasteiger charge is -2.41. The molecule has 61 heavy (non-hydrogen) atoms. The monoisotopic (exact) mass is 883 g/mol. The number of allylic oxidation sites excluding steroid dienone is 12. The number of aliphatic hydroxyl groups is 3. The average molecular weight is 883 g/mol. The Hall–Kier alpha value is -2.46. The van der Waals surface area contributed by atoms with Crippen LogP contribution in [0.1, 0.15) is 162 Å². The van der Waals surface area contributed by atoms with Crippen LogP contribution >= 0.6 is 0 Å². The Labute approximate surface area is 369 Å². The zero-order valence-corrected chi connectivity index (χ0v) is 38.3. The molecule has 6 atom stereocenters. The Morgan fingerprint density at radius 2 is 1.13 bits per heavy atom. The van der Waals surface area contributed by atoms with E-state index in [0.717, 1.165) is 109 Å². The van der Waals surface area contributed by atoms with E-state index in [-0.39, 0.29) is 19.6 Å². The van der Waals surface area contributed by atoms with Crippen LogP contribution in [0.3, 0.4) is 0 Å². The molecule has 0 aromatic heterocycles. The summed E-state index contributed by atoms with van der Waals surface area (Å²) in [6.45, 7) is 3.77. The summed E-state index contributed by atoms with van der Waals surface area (Å²) in [4.78, 5) is 12.9. The van der Waals surface area contributed by atoms with Gasteiger partial charge in [0.15, 0.2) is 6.29 Å². The van der Waals surface area contributed by atoms with Crippen molar-refractivity contribution in [3.63, 3.8) is 0 Å². The van der Waals surface area contributed by atoms with Crippen molar-refractivity contribution in [1.29, 1.82) is 0 Å². The van der Waals surface area contributed by atoms with E-state index in [4.69, 9.17) is 23.5 Å². The summed E-state index contributed by atoms with van der Waals surface area (Å²) in [6.07, 6.45) is 40.8. The Morgan fingerprint density at radius 1 is 0.639 bits per heavy atom. The fourth-order valence-electron chi connectivity index (χ4n) is 6.58. The molecule has 13 heteroatoms. The van der Waals surface area contributed by atoms with Gasteiger partial charge < -0.3 is 34.3 Å². The highest BCUT2D eigenvalue weighted by atomic mass is 32.3. The number of carbonyl (C=O) groups is 1. The zero-order valence-electron chi connectivity index (χ0n) is 37.4. The molecule has 352 valence electrons. The van der Waals surface area contributed by atoms with Crippen molar-refractivity contribution in [3.8, 4) is 0 Å². The second-order valence-corrected chi connectivity index (χ2v) is 16.7. The summed E-state index contributed by atoms with van der Waals surface area (Å²) in [5, 5.41) is 30.6. The summed E-state index contributed by atoms with van der Waals surface area (Å²) in [5.74, 6) is -0.417. The van der Waals surface area contributed by atoms with Crippen molar-refractivity contribution in [2.45, 2.75) is 198 Å². The molecule has 1 heterocycles. The maximum absolute atomic E-state index is 12.9. The molecule has 1 fully saturated rings. The van der Waals surface area contributed by atoms with Gasteiger partial charge in [0.2, 0.25) is 0 Å². The van der Waals surface area contributed by atoms with Crippen LogP contribution in [0.5, 0.6) is 0 Å². The number of ether oxygens (including phenoxy) is 4. The van der Waals surface area contributed by atoms with Crippen molar-refractivity contribution in [1.82, 2.24) is 0 Å². The summed E-state index contributed by atoms with van der Waals surface area (Å²) >= 11 is 0. The van der Waals surface area contributed by atoms with Gasteiger partial charge in [-0.1, -0.05) is 151 Å². The Kier molecular flexibility index (Phi) is 36.3. The third-order valence-electron chi connectivity index (χ3n) is 10.0. The molecule has 0 aromatic rings. The lowest BCUT2D eigenvalue weighted by Crippen LogP contribution is -2.60. The summed E-state index contributed by atoms with van der Waals surface area (Å²) in [5.41, 5.74) is 0. The first-order valence-electron chi connectivity index (χ1n) is 23.2. The smallest absolute Gasteiger partial charge is 0.397 e. The van der Waals surface area contributed by atoms with Crippen molar-refractivity contribution >= 4 is 16.4 Å². The normalized spacial score (nSPS) is 20.8. The van der Waals surface area contributed by atoms with E-state index in [0.29, 0.717) is 13.0 Å². The van der Waals surface area contributed by atoms with Gasteiger partial charge >= 0.3 is 16.4 Å². The highest BCUT2D eigenvalue weighted by Gasteiger charge is 2.48. The zero-order chi connectivity index (χ0) is 44.7. The second kappa shape index (κ2) is 39.2. The molecule has 1 saturated heterocycles. The van der Waals surface area contributed by atoms with Crippen LogP contribution in [0.4, 0.5) is 0 Å². The molecule has 0 aromatic carbocycles. The van der Waals surface area contributed by atoms with Gasteiger partial charge in [0.05, 0.1) is 19.8 Å². The first-order chi connectivity index (χ1) is 29.6. The number of esters is 1. The second-order valence-electron chi connectivity index (χ2n) is 15.6. The van der Waals surface area contributed by atoms with E-state index in [9.17, 15) is 28.5 Å². The SMILES string of the molecule is CC/C=C\C/C=C\C/C=C\C/C=C\C/C=C\CCCCCCCCCC(=O)OC(COCCCCCCCC/C=C\CCC)COC1OC(CO)C(O)C(OS(=O)(=O)O)C1O. The quantitative estimate of drug-likeness (QED) is 0.0199. The molecular weight excluding hydrogens is 801 g/mol. The predicted molar refractivity (Wildman–Crippen MR) is 243 cm³/mol.